The second-order valence-corrected chi connectivity index (χ2v) is 7.01. The van der Waals surface area contributed by atoms with Crippen molar-refractivity contribution in [2.24, 2.45) is 5.92 Å². The minimum Gasteiger partial charge on any atom is -0.477 e. The summed E-state index contributed by atoms with van der Waals surface area (Å²) in [4.78, 5) is 47.9. The zero-order chi connectivity index (χ0) is 21.8. The molecular weight excluding hydrogens is 392 g/mol. The predicted octanol–water partition coefficient (Wildman–Crippen LogP) is 1.69. The first-order valence-corrected chi connectivity index (χ1v) is 9.39. The molecule has 2 aliphatic rings. The maximum absolute atomic E-state index is 12.7. The molecular formula is C21H22N2O7. The molecule has 9 nitrogen and oxygen atoms in total. The first-order chi connectivity index (χ1) is 14.4. The van der Waals surface area contributed by atoms with E-state index in [2.05, 4.69) is 11.9 Å². The van der Waals surface area contributed by atoms with E-state index in [9.17, 15) is 24.3 Å². The normalized spacial score (nSPS) is 20.7. The molecule has 0 aliphatic carbocycles. The van der Waals surface area contributed by atoms with Crippen molar-refractivity contribution in [1.82, 2.24) is 10.2 Å². The first kappa shape index (κ1) is 21.1. The molecule has 3 atom stereocenters. The van der Waals surface area contributed by atoms with Gasteiger partial charge in [0.05, 0.1) is 12.0 Å². The van der Waals surface area contributed by atoms with Crippen LogP contribution >= 0.6 is 0 Å². The summed E-state index contributed by atoms with van der Waals surface area (Å²) in [6, 6.07) is 6.69. The Morgan fingerprint density at radius 2 is 2.07 bits per heavy atom. The molecule has 0 radical (unpaired) electrons. The monoisotopic (exact) mass is 414 g/mol. The van der Waals surface area contributed by atoms with Crippen molar-refractivity contribution >= 4 is 30.0 Å². The van der Waals surface area contributed by atoms with Crippen molar-refractivity contribution in [3.8, 4) is 0 Å². The fourth-order valence-electron chi connectivity index (χ4n) is 3.88. The second-order valence-electron chi connectivity index (χ2n) is 7.01. The molecule has 2 aliphatic heterocycles. The highest BCUT2D eigenvalue weighted by Gasteiger charge is 2.57. The van der Waals surface area contributed by atoms with Crippen LogP contribution < -0.4 is 5.32 Å². The van der Waals surface area contributed by atoms with E-state index in [-0.39, 0.29) is 12.3 Å². The van der Waals surface area contributed by atoms with Crippen LogP contribution in [0.1, 0.15) is 24.5 Å². The number of carboxylic acids is 1. The number of nitrogens with zero attached hydrogens (tertiary/aromatic N) is 1. The number of nitrogens with one attached hydrogen (secondary N) is 1. The quantitative estimate of drug-likeness (QED) is 0.273. The zero-order valence-corrected chi connectivity index (χ0v) is 16.4. The van der Waals surface area contributed by atoms with Gasteiger partial charge in [-0.1, -0.05) is 36.9 Å². The fraction of sp³-hybridized carbons (Fsp3) is 0.333. The summed E-state index contributed by atoms with van der Waals surface area (Å²) >= 11 is 0. The summed E-state index contributed by atoms with van der Waals surface area (Å²) < 4.78 is 9.95. The SMILES string of the molecule is C=CCOC(=O)O[C@H](C)[C@H]1C(=O)N2C(C(=O)O)=C(c3ccc(CNC=O)cc3)C[C@H]12. The maximum atomic E-state index is 12.7. The van der Waals surface area contributed by atoms with Crippen molar-refractivity contribution in [2.75, 3.05) is 6.61 Å². The molecule has 0 spiro atoms. The van der Waals surface area contributed by atoms with Crippen LogP contribution in [0.3, 0.4) is 0 Å². The molecule has 2 amide bonds. The number of ether oxygens (including phenoxy) is 2. The van der Waals surface area contributed by atoms with Gasteiger partial charge in [-0.15, -0.1) is 0 Å². The van der Waals surface area contributed by atoms with Crippen LogP contribution in [0.15, 0.2) is 42.6 Å². The molecule has 0 saturated carbocycles. The smallest absolute Gasteiger partial charge is 0.477 e. The number of amides is 2. The summed E-state index contributed by atoms with van der Waals surface area (Å²) in [5, 5.41) is 12.3. The number of β-lactam (4-membered cyclic amide) rings is 1. The van der Waals surface area contributed by atoms with E-state index in [1.807, 2.05) is 0 Å². The predicted molar refractivity (Wildman–Crippen MR) is 105 cm³/mol. The molecule has 1 saturated heterocycles. The summed E-state index contributed by atoms with van der Waals surface area (Å²) in [6.45, 7) is 5.38. The van der Waals surface area contributed by atoms with E-state index in [0.717, 1.165) is 5.56 Å². The number of carbonyl (C=O) groups excluding carboxylic acids is 3. The zero-order valence-electron chi connectivity index (χ0n) is 16.4. The van der Waals surface area contributed by atoms with E-state index >= 15 is 0 Å². The highest BCUT2D eigenvalue weighted by Crippen LogP contribution is 2.47. The van der Waals surface area contributed by atoms with Gasteiger partial charge in [0.15, 0.2) is 0 Å². The summed E-state index contributed by atoms with van der Waals surface area (Å²) in [6.07, 6.45) is 0.664. The minimum atomic E-state index is -1.19. The van der Waals surface area contributed by atoms with Crippen LogP contribution in [-0.2, 0) is 30.4 Å². The Kier molecular flexibility index (Phi) is 6.20. The standard InChI is InChI=1S/C21H22N2O7/c1-3-8-29-21(28)30-12(2)17-16-9-15(18(20(26)27)23(16)19(17)25)14-6-4-13(5-7-14)10-22-11-24/h3-7,11-12,16-17H,1,8-10H2,2H3,(H,22,24)(H,26,27)/t12-,16-,17-/m1/s1. The first-order valence-electron chi connectivity index (χ1n) is 9.39. The van der Waals surface area contributed by atoms with Crippen LogP contribution in [0.25, 0.3) is 5.57 Å². The third kappa shape index (κ3) is 3.91. The summed E-state index contributed by atoms with van der Waals surface area (Å²) in [7, 11) is 0. The van der Waals surface area contributed by atoms with Crippen LogP contribution in [0.4, 0.5) is 4.79 Å². The van der Waals surface area contributed by atoms with Gasteiger partial charge in [-0.25, -0.2) is 9.59 Å². The van der Waals surface area contributed by atoms with E-state index in [0.29, 0.717) is 30.5 Å². The molecule has 1 fully saturated rings. The van der Waals surface area contributed by atoms with Gasteiger partial charge in [-0.05, 0) is 30.0 Å². The van der Waals surface area contributed by atoms with Crippen molar-refractivity contribution in [1.29, 1.82) is 0 Å². The molecule has 1 aromatic rings. The number of carbonyl (C=O) groups is 4. The molecule has 30 heavy (non-hydrogen) atoms. The Morgan fingerprint density at radius 1 is 1.37 bits per heavy atom. The topological polar surface area (TPSA) is 122 Å². The van der Waals surface area contributed by atoms with Crippen LogP contribution in [0.5, 0.6) is 0 Å². The van der Waals surface area contributed by atoms with E-state index in [1.165, 1.54) is 11.0 Å². The van der Waals surface area contributed by atoms with Crippen LogP contribution in [0, 0.1) is 5.92 Å². The number of benzene rings is 1. The largest absolute Gasteiger partial charge is 0.508 e. The van der Waals surface area contributed by atoms with Crippen molar-refractivity contribution in [3.63, 3.8) is 0 Å². The third-order valence-electron chi connectivity index (χ3n) is 5.21. The Balaban J connectivity index is 1.77. The fourth-order valence-corrected chi connectivity index (χ4v) is 3.88. The number of fused-ring (bicyclic) bond motifs is 1. The number of hydrogen-bond acceptors (Lipinski definition) is 6. The van der Waals surface area contributed by atoms with Gasteiger partial charge in [0, 0.05) is 6.54 Å². The summed E-state index contributed by atoms with van der Waals surface area (Å²) in [5.41, 5.74) is 2.03. The lowest BCUT2D eigenvalue weighted by molar-refractivity contribution is -0.162. The lowest BCUT2D eigenvalue weighted by Gasteiger charge is -2.45. The Bertz CT molecular complexity index is 906. The molecule has 158 valence electrons. The van der Waals surface area contributed by atoms with Crippen LogP contribution in [0.2, 0.25) is 0 Å². The third-order valence-corrected chi connectivity index (χ3v) is 5.21. The molecule has 1 aromatic carbocycles. The minimum absolute atomic E-state index is 0.00699. The van der Waals surface area contributed by atoms with Gasteiger partial charge >= 0.3 is 12.1 Å². The van der Waals surface area contributed by atoms with Gasteiger partial charge in [0.1, 0.15) is 18.4 Å². The van der Waals surface area contributed by atoms with Crippen molar-refractivity contribution in [3.05, 3.63) is 53.7 Å². The maximum Gasteiger partial charge on any atom is 0.508 e. The second kappa shape index (κ2) is 8.81. The molecule has 2 heterocycles. The van der Waals surface area contributed by atoms with Gasteiger partial charge < -0.3 is 24.8 Å². The molecule has 0 unspecified atom stereocenters. The molecule has 0 bridgehead atoms. The van der Waals surface area contributed by atoms with Gasteiger partial charge in [0.2, 0.25) is 12.3 Å². The Morgan fingerprint density at radius 3 is 2.67 bits per heavy atom. The van der Waals surface area contributed by atoms with Crippen LogP contribution in [-0.4, -0.2) is 53.2 Å². The Hall–Kier alpha value is -3.62. The molecule has 3 rings (SSSR count). The average Bonchev–Trinajstić information content (AvgIpc) is 3.06. The number of hydrogen-bond donors (Lipinski definition) is 2. The Labute approximate surface area is 172 Å². The van der Waals surface area contributed by atoms with Gasteiger partial charge in [0.25, 0.3) is 0 Å². The number of rotatable bonds is 9. The van der Waals surface area contributed by atoms with E-state index in [1.54, 1.807) is 31.2 Å². The number of aliphatic carboxylic acids is 1. The average molecular weight is 414 g/mol. The molecule has 9 heteroatoms. The highest BCUT2D eigenvalue weighted by atomic mass is 16.7. The lowest BCUT2D eigenvalue weighted by Crippen LogP contribution is -2.62. The van der Waals surface area contributed by atoms with E-state index in [4.69, 9.17) is 9.47 Å². The van der Waals surface area contributed by atoms with Crippen molar-refractivity contribution in [2.45, 2.75) is 32.0 Å². The lowest BCUT2D eigenvalue weighted by atomic mass is 9.82. The highest BCUT2D eigenvalue weighted by molar-refractivity contribution is 6.06. The summed E-state index contributed by atoms with van der Waals surface area (Å²) in [5.74, 6) is -2.24. The van der Waals surface area contributed by atoms with Gasteiger partial charge in [-0.2, -0.15) is 0 Å². The molecule has 0 aromatic heterocycles. The van der Waals surface area contributed by atoms with Crippen molar-refractivity contribution < 1.29 is 33.8 Å². The van der Waals surface area contributed by atoms with E-state index < -0.39 is 36.1 Å². The number of carboxylic acid groups (broad SMARTS) is 1. The van der Waals surface area contributed by atoms with Gasteiger partial charge in [-0.3, -0.25) is 9.59 Å². The molecule has 2 N–H and O–H groups in total.